The number of aromatic hydroxyl groups is 3. The highest BCUT2D eigenvalue weighted by Crippen LogP contribution is 2.47. The molecule has 0 atom stereocenters. The molecule has 0 aromatic heterocycles. The van der Waals surface area contributed by atoms with Gasteiger partial charge in [0, 0.05) is 11.1 Å². The Hall–Kier alpha value is -1.38. The van der Waals surface area contributed by atoms with E-state index in [1.54, 1.807) is 6.92 Å². The largest absolute Gasteiger partial charge is 0.507 e. The molecule has 1 aromatic rings. The lowest BCUT2D eigenvalue weighted by Gasteiger charge is -2.25. The molecule has 1 aromatic carbocycles. The van der Waals surface area contributed by atoms with Crippen molar-refractivity contribution in [2.75, 3.05) is 0 Å². The van der Waals surface area contributed by atoms with Crippen molar-refractivity contribution < 1.29 is 15.3 Å². The molecular weight excluding hydrogens is 216 g/mol. The van der Waals surface area contributed by atoms with Gasteiger partial charge in [-0.05, 0) is 38.2 Å². The van der Waals surface area contributed by atoms with Crippen molar-refractivity contribution >= 4 is 0 Å². The second-order valence-corrected chi connectivity index (χ2v) is 5.04. The summed E-state index contributed by atoms with van der Waals surface area (Å²) in [6, 6.07) is 0. The SMILES string of the molecule is Cc1c(O)c(C)c(C2CCCCC2)c(O)c1O. The van der Waals surface area contributed by atoms with E-state index >= 15 is 0 Å². The first-order chi connectivity index (χ1) is 8.04. The fourth-order valence-electron chi connectivity index (χ4n) is 2.89. The summed E-state index contributed by atoms with van der Waals surface area (Å²) in [6.45, 7) is 3.42. The molecular formula is C14H20O3. The van der Waals surface area contributed by atoms with Crippen LogP contribution in [0, 0.1) is 13.8 Å². The van der Waals surface area contributed by atoms with Crippen LogP contribution < -0.4 is 0 Å². The summed E-state index contributed by atoms with van der Waals surface area (Å²) in [4.78, 5) is 0. The van der Waals surface area contributed by atoms with Crippen molar-refractivity contribution in [1.29, 1.82) is 0 Å². The zero-order valence-electron chi connectivity index (χ0n) is 10.5. The molecule has 0 bridgehead atoms. The monoisotopic (exact) mass is 236 g/mol. The summed E-state index contributed by atoms with van der Waals surface area (Å²) in [7, 11) is 0. The predicted molar refractivity (Wildman–Crippen MR) is 66.7 cm³/mol. The number of hydrogen-bond acceptors (Lipinski definition) is 3. The predicted octanol–water partition coefficient (Wildman–Crippen LogP) is 3.47. The number of phenolic OH excluding ortho intramolecular Hbond substituents is 3. The van der Waals surface area contributed by atoms with Crippen LogP contribution in [-0.2, 0) is 0 Å². The van der Waals surface area contributed by atoms with Crippen molar-refractivity contribution in [2.24, 2.45) is 0 Å². The molecule has 0 radical (unpaired) electrons. The van der Waals surface area contributed by atoms with E-state index < -0.39 is 0 Å². The van der Waals surface area contributed by atoms with Gasteiger partial charge in [-0.3, -0.25) is 0 Å². The van der Waals surface area contributed by atoms with Gasteiger partial charge >= 0.3 is 0 Å². The summed E-state index contributed by atoms with van der Waals surface area (Å²) in [6.07, 6.45) is 5.59. The highest BCUT2D eigenvalue weighted by molar-refractivity contribution is 5.61. The Labute approximate surface area is 102 Å². The summed E-state index contributed by atoms with van der Waals surface area (Å²) >= 11 is 0. The van der Waals surface area contributed by atoms with E-state index in [-0.39, 0.29) is 23.2 Å². The molecule has 2 rings (SSSR count). The van der Waals surface area contributed by atoms with Gasteiger partial charge in [0.15, 0.2) is 11.5 Å². The normalized spacial score (nSPS) is 17.3. The highest BCUT2D eigenvalue weighted by Gasteiger charge is 2.25. The van der Waals surface area contributed by atoms with Gasteiger partial charge in [0.1, 0.15) is 5.75 Å². The highest BCUT2D eigenvalue weighted by atomic mass is 16.3. The van der Waals surface area contributed by atoms with Gasteiger partial charge in [0.05, 0.1) is 0 Å². The van der Waals surface area contributed by atoms with Crippen molar-refractivity contribution in [3.05, 3.63) is 16.7 Å². The van der Waals surface area contributed by atoms with Crippen LogP contribution in [0.5, 0.6) is 17.2 Å². The van der Waals surface area contributed by atoms with E-state index in [0.717, 1.165) is 31.2 Å². The molecule has 0 heterocycles. The Kier molecular flexibility index (Phi) is 3.18. The molecule has 0 unspecified atom stereocenters. The molecule has 0 saturated heterocycles. The van der Waals surface area contributed by atoms with Crippen LogP contribution in [-0.4, -0.2) is 15.3 Å². The van der Waals surface area contributed by atoms with Crippen molar-refractivity contribution in [1.82, 2.24) is 0 Å². The van der Waals surface area contributed by atoms with E-state index in [9.17, 15) is 15.3 Å². The maximum absolute atomic E-state index is 10.1. The van der Waals surface area contributed by atoms with Gasteiger partial charge in [-0.1, -0.05) is 19.3 Å². The molecule has 3 N–H and O–H groups in total. The lowest BCUT2D eigenvalue weighted by Crippen LogP contribution is -2.07. The Morgan fingerprint density at radius 2 is 1.35 bits per heavy atom. The molecule has 0 amide bonds. The minimum atomic E-state index is -0.173. The van der Waals surface area contributed by atoms with Crippen LogP contribution in [0.3, 0.4) is 0 Å². The number of rotatable bonds is 1. The number of phenols is 3. The molecule has 3 nitrogen and oxygen atoms in total. The molecule has 0 spiro atoms. The maximum Gasteiger partial charge on any atom is 0.164 e. The second kappa shape index (κ2) is 4.47. The van der Waals surface area contributed by atoms with Gasteiger partial charge in [-0.2, -0.15) is 0 Å². The molecule has 3 heteroatoms. The van der Waals surface area contributed by atoms with E-state index in [2.05, 4.69) is 0 Å². The topological polar surface area (TPSA) is 60.7 Å². The first-order valence-corrected chi connectivity index (χ1v) is 6.28. The van der Waals surface area contributed by atoms with Crippen LogP contribution in [0.15, 0.2) is 0 Å². The van der Waals surface area contributed by atoms with Crippen LogP contribution in [0.25, 0.3) is 0 Å². The van der Waals surface area contributed by atoms with Crippen LogP contribution in [0.1, 0.15) is 54.7 Å². The summed E-state index contributed by atoms with van der Waals surface area (Å²) in [5, 5.41) is 29.8. The van der Waals surface area contributed by atoms with Gasteiger partial charge in [0.25, 0.3) is 0 Å². The summed E-state index contributed by atoms with van der Waals surface area (Å²) in [5.41, 5.74) is 1.81. The van der Waals surface area contributed by atoms with Crippen LogP contribution >= 0.6 is 0 Å². The molecule has 1 aliphatic rings. The van der Waals surface area contributed by atoms with E-state index in [4.69, 9.17) is 0 Å². The fraction of sp³-hybridized carbons (Fsp3) is 0.571. The third kappa shape index (κ3) is 1.94. The Morgan fingerprint density at radius 3 is 1.94 bits per heavy atom. The summed E-state index contributed by atoms with van der Waals surface area (Å²) in [5.74, 6) is 0.167. The van der Waals surface area contributed by atoms with E-state index in [0.29, 0.717) is 11.1 Å². The smallest absolute Gasteiger partial charge is 0.164 e. The maximum atomic E-state index is 10.1. The Balaban J connectivity index is 2.52. The van der Waals surface area contributed by atoms with Crippen molar-refractivity contribution in [3.8, 4) is 17.2 Å². The van der Waals surface area contributed by atoms with Crippen LogP contribution in [0.4, 0.5) is 0 Å². The Bertz CT molecular complexity index is 403. The minimum absolute atomic E-state index is 0.0373. The second-order valence-electron chi connectivity index (χ2n) is 5.04. The minimum Gasteiger partial charge on any atom is -0.507 e. The van der Waals surface area contributed by atoms with Crippen LogP contribution in [0.2, 0.25) is 0 Å². The van der Waals surface area contributed by atoms with E-state index in [1.165, 1.54) is 6.42 Å². The van der Waals surface area contributed by atoms with Crippen molar-refractivity contribution in [3.63, 3.8) is 0 Å². The summed E-state index contributed by atoms with van der Waals surface area (Å²) < 4.78 is 0. The van der Waals surface area contributed by atoms with Gasteiger partial charge in [-0.15, -0.1) is 0 Å². The fourth-order valence-corrected chi connectivity index (χ4v) is 2.89. The van der Waals surface area contributed by atoms with Gasteiger partial charge < -0.3 is 15.3 Å². The molecule has 17 heavy (non-hydrogen) atoms. The molecule has 94 valence electrons. The van der Waals surface area contributed by atoms with Gasteiger partial charge in [0.2, 0.25) is 0 Å². The third-order valence-electron chi connectivity index (χ3n) is 3.96. The van der Waals surface area contributed by atoms with Crippen molar-refractivity contribution in [2.45, 2.75) is 51.9 Å². The van der Waals surface area contributed by atoms with Gasteiger partial charge in [-0.25, -0.2) is 0 Å². The zero-order chi connectivity index (χ0) is 12.6. The lowest BCUT2D eigenvalue weighted by atomic mass is 9.81. The third-order valence-corrected chi connectivity index (χ3v) is 3.96. The standard InChI is InChI=1S/C14H20O3/c1-8-11(10-6-4-3-5-7-10)14(17)13(16)9(2)12(8)15/h10,15-17H,3-7H2,1-2H3. The molecule has 1 fully saturated rings. The van der Waals surface area contributed by atoms with E-state index in [1.807, 2.05) is 6.92 Å². The molecule has 0 aliphatic heterocycles. The average Bonchev–Trinajstić information content (AvgIpc) is 2.36. The first-order valence-electron chi connectivity index (χ1n) is 6.28. The number of hydrogen-bond donors (Lipinski definition) is 3. The quantitative estimate of drug-likeness (QED) is 0.517. The lowest BCUT2D eigenvalue weighted by molar-refractivity contribution is 0.369. The molecule has 1 aliphatic carbocycles. The first kappa shape index (κ1) is 12.1. The molecule has 1 saturated carbocycles. The number of benzene rings is 1. The average molecular weight is 236 g/mol. The Morgan fingerprint density at radius 1 is 0.765 bits per heavy atom. The zero-order valence-corrected chi connectivity index (χ0v) is 10.5.